The molecule has 2 heterocycles. The van der Waals surface area contributed by atoms with Gasteiger partial charge in [-0.05, 0) is 61.4 Å². The zero-order valence-electron chi connectivity index (χ0n) is 17.0. The van der Waals surface area contributed by atoms with E-state index >= 15 is 0 Å². The third kappa shape index (κ3) is 4.42. The number of benzene rings is 2. The summed E-state index contributed by atoms with van der Waals surface area (Å²) in [5, 5.41) is 11.3. The first-order valence-electron chi connectivity index (χ1n) is 10.2. The number of nitrogens with zero attached hydrogens (tertiary/aromatic N) is 3. The van der Waals surface area contributed by atoms with E-state index < -0.39 is 0 Å². The second-order valence-corrected chi connectivity index (χ2v) is 8.66. The van der Waals surface area contributed by atoms with Gasteiger partial charge in [0.2, 0.25) is 0 Å². The van der Waals surface area contributed by atoms with Crippen LogP contribution in [0.25, 0.3) is 0 Å². The summed E-state index contributed by atoms with van der Waals surface area (Å²) in [5.41, 5.74) is 4.34. The Morgan fingerprint density at radius 3 is 2.21 bits per heavy atom. The maximum Gasteiger partial charge on any atom is 0.253 e. The summed E-state index contributed by atoms with van der Waals surface area (Å²) in [4.78, 5) is 19.2. The molecule has 4 rings (SSSR count). The zero-order valence-corrected chi connectivity index (χ0v) is 17.8. The maximum atomic E-state index is 12.7. The highest BCUT2D eigenvalue weighted by molar-refractivity contribution is 6.30. The molecule has 2 saturated heterocycles. The molecule has 29 heavy (non-hydrogen) atoms. The summed E-state index contributed by atoms with van der Waals surface area (Å²) in [7, 11) is 0. The summed E-state index contributed by atoms with van der Waals surface area (Å²) in [6.07, 6.45) is -0.380. The quantitative estimate of drug-likeness (QED) is 0.840. The molecule has 1 amide bonds. The fourth-order valence-corrected chi connectivity index (χ4v) is 4.63. The van der Waals surface area contributed by atoms with Crippen LogP contribution >= 0.6 is 11.6 Å². The van der Waals surface area contributed by atoms with Gasteiger partial charge in [-0.3, -0.25) is 9.69 Å². The fraction of sp³-hybridized carbons (Fsp3) is 0.435. The van der Waals surface area contributed by atoms with Gasteiger partial charge in [-0.15, -0.1) is 0 Å². The monoisotopic (exact) mass is 413 g/mol. The molecule has 2 aliphatic rings. The Kier molecular flexibility index (Phi) is 5.81. The van der Waals surface area contributed by atoms with Crippen LogP contribution in [0.15, 0.2) is 42.5 Å². The van der Waals surface area contributed by atoms with Crippen LogP contribution in [0.1, 0.15) is 21.5 Å². The zero-order chi connectivity index (χ0) is 20.5. The van der Waals surface area contributed by atoms with E-state index in [1.165, 1.54) is 16.8 Å². The normalized spacial score (nSPS) is 22.9. The van der Waals surface area contributed by atoms with Crippen molar-refractivity contribution >= 4 is 23.2 Å². The number of β-amino-alcohol motifs (C(OH)–C–C–N with tert-alkyl or cyclic N) is 1. The number of aliphatic hydroxyl groups is 1. The molecule has 1 N–H and O–H groups in total. The van der Waals surface area contributed by atoms with Crippen LogP contribution in [0.4, 0.5) is 5.69 Å². The molecule has 2 aromatic rings. The standard InChI is InChI=1S/C23H28ClN3O2/c1-16-11-17(2)13-20(12-16)27-14-21(22(28)15-27)25-7-9-26(10-8-25)23(29)18-3-5-19(24)6-4-18/h3-6,11-13,21-22,28H,7-10,14-15H2,1-2H3/t21-,22-/m1/s1. The number of piperazine rings is 1. The number of hydrogen-bond donors (Lipinski definition) is 1. The van der Waals surface area contributed by atoms with E-state index in [4.69, 9.17) is 11.6 Å². The van der Waals surface area contributed by atoms with Gasteiger partial charge in [0.05, 0.1) is 12.1 Å². The SMILES string of the molecule is Cc1cc(C)cc(N2C[C@@H](O)[C@H](N3CCN(C(=O)c4ccc(Cl)cc4)CC3)C2)c1. The number of rotatable bonds is 3. The molecule has 2 aromatic carbocycles. The van der Waals surface area contributed by atoms with Gasteiger partial charge in [0.15, 0.2) is 0 Å². The first-order chi connectivity index (χ1) is 13.9. The maximum absolute atomic E-state index is 12.7. The fourth-order valence-electron chi connectivity index (χ4n) is 4.50. The molecule has 0 saturated carbocycles. The van der Waals surface area contributed by atoms with Crippen LogP contribution in [0, 0.1) is 13.8 Å². The van der Waals surface area contributed by atoms with Crippen molar-refractivity contribution in [2.24, 2.45) is 0 Å². The summed E-state index contributed by atoms with van der Waals surface area (Å²) >= 11 is 5.92. The van der Waals surface area contributed by atoms with Gasteiger partial charge in [-0.2, -0.15) is 0 Å². The van der Waals surface area contributed by atoms with Gasteiger partial charge < -0.3 is 14.9 Å². The van der Waals surface area contributed by atoms with Crippen molar-refractivity contribution in [2.45, 2.75) is 26.0 Å². The third-order valence-corrected chi connectivity index (χ3v) is 6.24. The second kappa shape index (κ2) is 8.34. The van der Waals surface area contributed by atoms with Crippen LogP contribution in [-0.2, 0) is 0 Å². The molecule has 2 atom stereocenters. The Balaban J connectivity index is 1.37. The lowest BCUT2D eigenvalue weighted by atomic mass is 10.1. The molecule has 154 valence electrons. The van der Waals surface area contributed by atoms with Crippen molar-refractivity contribution < 1.29 is 9.90 Å². The average Bonchev–Trinajstić information content (AvgIpc) is 3.09. The van der Waals surface area contributed by atoms with Crippen molar-refractivity contribution in [3.8, 4) is 0 Å². The van der Waals surface area contributed by atoms with Crippen LogP contribution < -0.4 is 4.90 Å². The Labute approximate surface area is 177 Å². The summed E-state index contributed by atoms with van der Waals surface area (Å²) in [6.45, 7) is 8.59. The molecule has 0 aromatic heterocycles. The predicted molar refractivity (Wildman–Crippen MR) is 117 cm³/mol. The molecule has 0 unspecified atom stereocenters. The summed E-state index contributed by atoms with van der Waals surface area (Å²) in [6, 6.07) is 13.7. The lowest BCUT2D eigenvalue weighted by Crippen LogP contribution is -2.54. The van der Waals surface area contributed by atoms with Crippen LogP contribution in [0.2, 0.25) is 5.02 Å². The van der Waals surface area contributed by atoms with Crippen molar-refractivity contribution in [3.05, 3.63) is 64.2 Å². The number of carbonyl (C=O) groups excluding carboxylic acids is 1. The van der Waals surface area contributed by atoms with Gasteiger partial charge in [0, 0.05) is 55.5 Å². The highest BCUT2D eigenvalue weighted by Crippen LogP contribution is 2.26. The van der Waals surface area contributed by atoms with Gasteiger partial charge in [0.25, 0.3) is 5.91 Å². The minimum Gasteiger partial charge on any atom is -0.390 e. The number of aryl methyl sites for hydroxylation is 2. The molecule has 2 fully saturated rings. The van der Waals surface area contributed by atoms with Crippen LogP contribution in [0.5, 0.6) is 0 Å². The van der Waals surface area contributed by atoms with E-state index in [0.717, 1.165) is 19.6 Å². The minimum absolute atomic E-state index is 0.0464. The highest BCUT2D eigenvalue weighted by atomic mass is 35.5. The van der Waals surface area contributed by atoms with E-state index in [2.05, 4.69) is 41.8 Å². The van der Waals surface area contributed by atoms with Crippen molar-refractivity contribution in [1.29, 1.82) is 0 Å². The van der Waals surface area contributed by atoms with Gasteiger partial charge >= 0.3 is 0 Å². The largest absolute Gasteiger partial charge is 0.390 e. The molecule has 0 aliphatic carbocycles. The Morgan fingerprint density at radius 1 is 0.966 bits per heavy atom. The van der Waals surface area contributed by atoms with Crippen molar-refractivity contribution in [2.75, 3.05) is 44.2 Å². The Bertz CT molecular complexity index is 858. The average molecular weight is 414 g/mol. The number of anilines is 1. The predicted octanol–water partition coefficient (Wildman–Crippen LogP) is 2.96. The van der Waals surface area contributed by atoms with E-state index in [9.17, 15) is 9.90 Å². The van der Waals surface area contributed by atoms with Crippen LogP contribution in [0.3, 0.4) is 0 Å². The molecule has 2 aliphatic heterocycles. The summed E-state index contributed by atoms with van der Waals surface area (Å²) in [5.74, 6) is 0.0464. The van der Waals surface area contributed by atoms with Gasteiger partial charge in [0.1, 0.15) is 0 Å². The molecule has 6 heteroatoms. The number of halogens is 1. The van der Waals surface area contributed by atoms with Crippen LogP contribution in [-0.4, -0.2) is 72.2 Å². The van der Waals surface area contributed by atoms with Gasteiger partial charge in [-0.25, -0.2) is 0 Å². The van der Waals surface area contributed by atoms with Gasteiger partial charge in [-0.1, -0.05) is 17.7 Å². The molecular weight excluding hydrogens is 386 g/mol. The van der Waals surface area contributed by atoms with Crippen molar-refractivity contribution in [1.82, 2.24) is 9.80 Å². The van der Waals surface area contributed by atoms with E-state index in [0.29, 0.717) is 30.2 Å². The number of hydrogen-bond acceptors (Lipinski definition) is 4. The number of carbonyl (C=O) groups is 1. The second-order valence-electron chi connectivity index (χ2n) is 8.22. The molecule has 5 nitrogen and oxygen atoms in total. The smallest absolute Gasteiger partial charge is 0.253 e. The first-order valence-corrected chi connectivity index (χ1v) is 10.6. The Morgan fingerprint density at radius 2 is 1.59 bits per heavy atom. The first kappa shape index (κ1) is 20.2. The van der Waals surface area contributed by atoms with E-state index in [1.807, 2.05) is 4.90 Å². The lowest BCUT2D eigenvalue weighted by molar-refractivity contribution is 0.0376. The molecular formula is C23H28ClN3O2. The lowest BCUT2D eigenvalue weighted by Gasteiger charge is -2.38. The van der Waals surface area contributed by atoms with E-state index in [1.54, 1.807) is 24.3 Å². The highest BCUT2D eigenvalue weighted by Gasteiger charge is 2.37. The molecule has 0 bridgehead atoms. The Hall–Kier alpha value is -2.08. The van der Waals surface area contributed by atoms with E-state index in [-0.39, 0.29) is 18.1 Å². The third-order valence-electron chi connectivity index (χ3n) is 5.99. The number of aliphatic hydroxyl groups excluding tert-OH is 1. The number of amides is 1. The summed E-state index contributed by atoms with van der Waals surface area (Å²) < 4.78 is 0. The molecule has 0 radical (unpaired) electrons. The van der Waals surface area contributed by atoms with Crippen molar-refractivity contribution in [3.63, 3.8) is 0 Å². The molecule has 0 spiro atoms. The topological polar surface area (TPSA) is 47.0 Å². The minimum atomic E-state index is -0.380.